The smallest absolute Gasteiger partial charge is 0.232 e. The van der Waals surface area contributed by atoms with E-state index in [2.05, 4.69) is 25.6 Å². The molecule has 0 saturated heterocycles. The number of amides is 1. The Morgan fingerprint density at radius 3 is 1.94 bits per heavy atom. The fourth-order valence-electron chi connectivity index (χ4n) is 3.46. The van der Waals surface area contributed by atoms with Gasteiger partial charge in [0.05, 0.1) is 11.4 Å². The summed E-state index contributed by atoms with van der Waals surface area (Å²) in [6, 6.07) is 6.93. The van der Waals surface area contributed by atoms with Crippen LogP contribution in [0.5, 0.6) is 11.5 Å². The second-order valence-electron chi connectivity index (χ2n) is 7.39. The van der Waals surface area contributed by atoms with Gasteiger partial charge in [-0.05, 0) is 47.5 Å². The molecular weight excluding hydrogens is 484 g/mol. The van der Waals surface area contributed by atoms with E-state index < -0.39 is 5.41 Å². The number of benzene rings is 2. The molecule has 1 aliphatic rings. The van der Waals surface area contributed by atoms with E-state index in [-0.39, 0.29) is 22.4 Å². The third kappa shape index (κ3) is 4.23. The zero-order valence-electron chi connectivity index (χ0n) is 16.5. The normalized spacial score (nSPS) is 13.6. The number of hydrogen-bond acceptors (Lipinski definition) is 6. The van der Waals surface area contributed by atoms with Crippen molar-refractivity contribution < 1.29 is 9.53 Å². The fraction of sp³-hybridized carbons (Fsp3) is 0.200. The van der Waals surface area contributed by atoms with Crippen LogP contribution < -0.4 is 15.4 Å². The maximum Gasteiger partial charge on any atom is 0.232 e. The average Bonchev–Trinajstić information content (AvgIpc) is 2.62. The first kappa shape index (κ1) is 21.9. The molecule has 0 unspecified atom stereocenters. The second-order valence-corrected chi connectivity index (χ2v) is 8.94. The van der Waals surface area contributed by atoms with Gasteiger partial charge < -0.3 is 15.4 Å². The van der Waals surface area contributed by atoms with Crippen LogP contribution in [-0.2, 0) is 10.2 Å². The molecule has 0 atom stereocenters. The first-order valence-corrected chi connectivity index (χ1v) is 10.5. The lowest BCUT2D eigenvalue weighted by molar-refractivity contribution is -0.114. The number of nitrogens with one attached hydrogen (secondary N) is 2. The van der Waals surface area contributed by atoms with Gasteiger partial charge in [-0.2, -0.15) is 15.0 Å². The van der Waals surface area contributed by atoms with Gasteiger partial charge in [-0.1, -0.05) is 37.0 Å². The summed E-state index contributed by atoms with van der Waals surface area (Å²) in [4.78, 5) is 23.5. The SMILES string of the molecule is CC(=O)Nc1cc(Cl)cc2c1Oc1c(Nc3nc(Cl)nc(Cl)n3)cc(Cl)cc1C2(C)C. The summed E-state index contributed by atoms with van der Waals surface area (Å²) in [6.45, 7) is 5.44. The third-order valence-electron chi connectivity index (χ3n) is 4.80. The Morgan fingerprint density at radius 2 is 1.39 bits per heavy atom. The van der Waals surface area contributed by atoms with E-state index in [0.717, 1.165) is 11.1 Å². The van der Waals surface area contributed by atoms with Crippen LogP contribution in [0.2, 0.25) is 20.6 Å². The lowest BCUT2D eigenvalue weighted by Gasteiger charge is -2.36. The Balaban J connectivity index is 1.89. The minimum atomic E-state index is -0.559. The Hall–Kier alpha value is -2.32. The summed E-state index contributed by atoms with van der Waals surface area (Å²) in [7, 11) is 0. The predicted octanol–water partition coefficient (Wildman–Crippen LogP) is 6.62. The molecule has 11 heteroatoms. The standard InChI is InChI=1S/C20H15Cl4N5O2/c1-8(30)25-13-6-9(21)4-11-15(13)31-16-12(20(11,2)3)5-10(22)7-14(16)26-19-28-17(23)27-18(24)29-19/h4-7H,1-3H3,(H,25,30)(H,26,27,28,29). The molecule has 0 spiro atoms. The number of carbonyl (C=O) groups excluding carboxylic acids is 1. The maximum atomic E-state index is 11.7. The summed E-state index contributed by atoms with van der Waals surface area (Å²) in [6.07, 6.45) is 0. The van der Waals surface area contributed by atoms with Gasteiger partial charge in [0.25, 0.3) is 0 Å². The number of hydrogen-bond donors (Lipinski definition) is 2. The molecule has 7 nitrogen and oxygen atoms in total. The van der Waals surface area contributed by atoms with Crippen molar-refractivity contribution in [1.29, 1.82) is 0 Å². The molecule has 0 fully saturated rings. The highest BCUT2D eigenvalue weighted by Gasteiger charge is 2.38. The largest absolute Gasteiger partial charge is 0.452 e. The quantitative estimate of drug-likeness (QED) is 0.421. The summed E-state index contributed by atoms with van der Waals surface area (Å²) >= 11 is 24.5. The molecule has 0 radical (unpaired) electrons. The van der Waals surface area contributed by atoms with Gasteiger partial charge in [0, 0.05) is 33.5 Å². The molecule has 31 heavy (non-hydrogen) atoms. The van der Waals surface area contributed by atoms with Crippen LogP contribution in [0.25, 0.3) is 0 Å². The van der Waals surface area contributed by atoms with Crippen molar-refractivity contribution in [2.45, 2.75) is 26.2 Å². The monoisotopic (exact) mass is 497 g/mol. The number of rotatable bonds is 3. The van der Waals surface area contributed by atoms with Crippen LogP contribution in [0.4, 0.5) is 17.3 Å². The van der Waals surface area contributed by atoms with Crippen molar-refractivity contribution in [2.75, 3.05) is 10.6 Å². The van der Waals surface area contributed by atoms with E-state index in [9.17, 15) is 4.79 Å². The summed E-state index contributed by atoms with van der Waals surface area (Å²) in [5.74, 6) is 0.845. The number of halogens is 4. The molecule has 1 aromatic heterocycles. The van der Waals surface area contributed by atoms with Crippen LogP contribution in [0.1, 0.15) is 31.9 Å². The van der Waals surface area contributed by atoms with E-state index in [0.29, 0.717) is 32.9 Å². The van der Waals surface area contributed by atoms with Crippen LogP contribution in [0.3, 0.4) is 0 Å². The number of carbonyl (C=O) groups is 1. The Kier molecular flexibility index (Phi) is 5.64. The van der Waals surface area contributed by atoms with Crippen molar-refractivity contribution in [2.24, 2.45) is 0 Å². The topological polar surface area (TPSA) is 89.0 Å². The Bertz CT molecular complexity index is 1210. The van der Waals surface area contributed by atoms with Crippen LogP contribution in [-0.4, -0.2) is 20.9 Å². The van der Waals surface area contributed by atoms with Crippen molar-refractivity contribution in [1.82, 2.24) is 15.0 Å². The van der Waals surface area contributed by atoms with Gasteiger partial charge in [-0.15, -0.1) is 0 Å². The highest BCUT2D eigenvalue weighted by molar-refractivity contribution is 6.32. The molecule has 0 saturated carbocycles. The van der Waals surface area contributed by atoms with E-state index in [4.69, 9.17) is 51.1 Å². The highest BCUT2D eigenvalue weighted by Crippen LogP contribution is 2.54. The lowest BCUT2D eigenvalue weighted by atomic mass is 9.75. The maximum absolute atomic E-state index is 11.7. The van der Waals surface area contributed by atoms with Gasteiger partial charge in [0.2, 0.25) is 22.4 Å². The molecular formula is C20H15Cl4N5O2. The lowest BCUT2D eigenvalue weighted by Crippen LogP contribution is -2.26. The van der Waals surface area contributed by atoms with E-state index in [1.54, 1.807) is 12.1 Å². The molecule has 0 bridgehead atoms. The number of aromatic nitrogens is 3. The zero-order chi connectivity index (χ0) is 22.5. The van der Waals surface area contributed by atoms with E-state index in [1.165, 1.54) is 6.92 Å². The fourth-order valence-corrected chi connectivity index (χ4v) is 4.26. The molecule has 2 heterocycles. The van der Waals surface area contributed by atoms with Gasteiger partial charge in [-0.25, -0.2) is 0 Å². The summed E-state index contributed by atoms with van der Waals surface area (Å²) in [5, 5.41) is 6.63. The second kappa shape index (κ2) is 7.98. The highest BCUT2D eigenvalue weighted by atomic mass is 35.5. The molecule has 4 rings (SSSR count). The van der Waals surface area contributed by atoms with Crippen molar-refractivity contribution >= 4 is 69.6 Å². The van der Waals surface area contributed by atoms with Crippen molar-refractivity contribution in [3.8, 4) is 11.5 Å². The minimum absolute atomic E-state index is 0.0624. The molecule has 3 aromatic rings. The van der Waals surface area contributed by atoms with Gasteiger partial charge in [0.15, 0.2) is 11.5 Å². The number of ether oxygens (including phenoxy) is 1. The number of anilines is 3. The Morgan fingerprint density at radius 1 is 0.871 bits per heavy atom. The molecule has 160 valence electrons. The number of fused-ring (bicyclic) bond motifs is 2. The molecule has 1 amide bonds. The third-order valence-corrected chi connectivity index (χ3v) is 5.57. The van der Waals surface area contributed by atoms with E-state index >= 15 is 0 Å². The zero-order valence-corrected chi connectivity index (χ0v) is 19.5. The van der Waals surface area contributed by atoms with Gasteiger partial charge in [-0.3, -0.25) is 4.79 Å². The van der Waals surface area contributed by atoms with Gasteiger partial charge in [0.1, 0.15) is 0 Å². The number of nitrogens with zero attached hydrogens (tertiary/aromatic N) is 3. The first-order valence-electron chi connectivity index (χ1n) is 9.02. The molecule has 1 aliphatic heterocycles. The molecule has 2 N–H and O–H groups in total. The first-order chi connectivity index (χ1) is 14.5. The molecule has 0 aliphatic carbocycles. The Labute approximate surface area is 198 Å². The van der Waals surface area contributed by atoms with Crippen LogP contribution >= 0.6 is 46.4 Å². The van der Waals surface area contributed by atoms with Crippen molar-refractivity contribution in [3.63, 3.8) is 0 Å². The van der Waals surface area contributed by atoms with Crippen LogP contribution in [0, 0.1) is 0 Å². The van der Waals surface area contributed by atoms with Crippen molar-refractivity contribution in [3.05, 3.63) is 56.0 Å². The van der Waals surface area contributed by atoms with Crippen LogP contribution in [0.15, 0.2) is 24.3 Å². The summed E-state index contributed by atoms with van der Waals surface area (Å²) in [5.41, 5.74) is 1.99. The molecule has 2 aromatic carbocycles. The minimum Gasteiger partial charge on any atom is -0.452 e. The van der Waals surface area contributed by atoms with Gasteiger partial charge >= 0.3 is 0 Å². The predicted molar refractivity (Wildman–Crippen MR) is 123 cm³/mol. The average molecular weight is 499 g/mol. The summed E-state index contributed by atoms with van der Waals surface area (Å²) < 4.78 is 6.29. The van der Waals surface area contributed by atoms with E-state index in [1.807, 2.05) is 26.0 Å².